The molecule has 0 spiro atoms. The number of carbonyl (C=O) groups excluding carboxylic acids is 1. The fraction of sp³-hybridized carbons (Fsp3) is 0.828. The van der Waals surface area contributed by atoms with Crippen molar-refractivity contribution in [1.29, 1.82) is 0 Å². The maximum atomic E-state index is 11.2. The van der Waals surface area contributed by atoms with E-state index in [-0.39, 0.29) is 6.61 Å². The lowest BCUT2D eigenvalue weighted by molar-refractivity contribution is -0.140. The van der Waals surface area contributed by atoms with E-state index in [0.29, 0.717) is 151 Å². The van der Waals surface area contributed by atoms with Crippen molar-refractivity contribution in [1.82, 2.24) is 0 Å². The minimum atomic E-state index is -0.414. The van der Waals surface area contributed by atoms with Gasteiger partial charge in [0.15, 0.2) is 0 Å². The zero-order valence-corrected chi connectivity index (χ0v) is 25.4. The third-order valence-corrected chi connectivity index (χ3v) is 4.71. The van der Waals surface area contributed by atoms with E-state index in [0.717, 1.165) is 0 Å². The first-order valence-corrected chi connectivity index (χ1v) is 14.3. The second-order valence-electron chi connectivity index (χ2n) is 8.30. The molecule has 0 saturated carbocycles. The van der Waals surface area contributed by atoms with Gasteiger partial charge in [-0.15, -0.1) is 6.42 Å². The third kappa shape index (κ3) is 34.5. The normalized spacial score (nSPS) is 11.0. The Morgan fingerprint density at radius 2 is 0.667 bits per heavy atom. The molecule has 0 aromatic heterocycles. The molecule has 0 rings (SSSR count). The molecule has 0 N–H and O–H groups in total. The van der Waals surface area contributed by atoms with Gasteiger partial charge in [-0.25, -0.2) is 4.79 Å². The van der Waals surface area contributed by atoms with E-state index >= 15 is 0 Å². The highest BCUT2D eigenvalue weighted by molar-refractivity contribution is 5.86. The van der Waals surface area contributed by atoms with Gasteiger partial charge in [0.25, 0.3) is 0 Å². The quantitative estimate of drug-likeness (QED) is 0.0438. The summed E-state index contributed by atoms with van der Waals surface area (Å²) in [4.78, 5) is 11.2. The Bertz CT molecular complexity index is 627. The largest absolute Gasteiger partial charge is 0.460 e. The molecule has 13 heteroatoms. The summed E-state index contributed by atoms with van der Waals surface area (Å²) in [7, 11) is 0. The Labute approximate surface area is 251 Å². The molecule has 0 aromatic carbocycles. The molecule has 246 valence electrons. The van der Waals surface area contributed by atoms with Crippen molar-refractivity contribution in [3.8, 4) is 12.3 Å². The predicted octanol–water partition coefficient (Wildman–Crippen LogP) is 0.922. The monoisotopic (exact) mass is 608 g/mol. The first-order valence-electron chi connectivity index (χ1n) is 14.3. The zero-order chi connectivity index (χ0) is 30.6. The molecule has 0 heterocycles. The number of ether oxygens (including phenoxy) is 12. The van der Waals surface area contributed by atoms with E-state index in [9.17, 15) is 4.79 Å². The minimum absolute atomic E-state index is 0.198. The van der Waals surface area contributed by atoms with Gasteiger partial charge in [0.2, 0.25) is 0 Å². The molecule has 0 bridgehead atoms. The summed E-state index contributed by atoms with van der Waals surface area (Å²) in [5.41, 5.74) is 0.369. The van der Waals surface area contributed by atoms with Crippen LogP contribution in [0.1, 0.15) is 6.92 Å². The van der Waals surface area contributed by atoms with Gasteiger partial charge in [-0.1, -0.05) is 12.5 Å². The Kier molecular flexibility index (Phi) is 34.1. The summed E-state index contributed by atoms with van der Waals surface area (Å²) in [5, 5.41) is 0. The van der Waals surface area contributed by atoms with Crippen LogP contribution in [0.4, 0.5) is 0 Å². The lowest BCUT2D eigenvalue weighted by atomic mass is 10.4. The molecule has 13 nitrogen and oxygen atoms in total. The molecule has 0 radical (unpaired) electrons. The van der Waals surface area contributed by atoms with Crippen LogP contribution in [0.3, 0.4) is 0 Å². The van der Waals surface area contributed by atoms with Gasteiger partial charge >= 0.3 is 5.97 Å². The highest BCUT2D eigenvalue weighted by Crippen LogP contribution is 1.92. The maximum Gasteiger partial charge on any atom is 0.333 e. The summed E-state index contributed by atoms with van der Waals surface area (Å²) >= 11 is 0. The molecule has 0 unspecified atom stereocenters. The van der Waals surface area contributed by atoms with E-state index < -0.39 is 5.97 Å². The Hall–Kier alpha value is -1.67. The van der Waals surface area contributed by atoms with Crippen LogP contribution in [0.15, 0.2) is 12.2 Å². The average Bonchev–Trinajstić information content (AvgIpc) is 2.99. The van der Waals surface area contributed by atoms with Crippen LogP contribution < -0.4 is 0 Å². The second-order valence-corrected chi connectivity index (χ2v) is 8.30. The number of carbonyl (C=O) groups is 1. The van der Waals surface area contributed by atoms with E-state index in [1.54, 1.807) is 6.92 Å². The van der Waals surface area contributed by atoms with Crippen LogP contribution in [-0.4, -0.2) is 158 Å². The van der Waals surface area contributed by atoms with Gasteiger partial charge in [-0.3, -0.25) is 0 Å². The average molecular weight is 609 g/mol. The van der Waals surface area contributed by atoms with Crippen molar-refractivity contribution in [2.75, 3.05) is 152 Å². The second kappa shape index (κ2) is 35.5. The van der Waals surface area contributed by atoms with Crippen LogP contribution in [0.25, 0.3) is 0 Å². The van der Waals surface area contributed by atoms with Gasteiger partial charge in [0.05, 0.1) is 139 Å². The standard InChI is InChI=1S/C29H52O13/c1-4-5-31-6-7-32-8-9-33-10-11-34-12-13-35-14-15-36-16-17-37-18-19-38-20-21-39-22-23-40-24-25-41-26-27-42-29(30)28(2)3/h1H,2,5-27H2,3H3. The lowest BCUT2D eigenvalue weighted by Crippen LogP contribution is -2.15. The number of rotatable bonds is 35. The molecule has 0 aliphatic rings. The molecule has 0 saturated heterocycles. The topological polar surface area (TPSA) is 128 Å². The predicted molar refractivity (Wildman–Crippen MR) is 154 cm³/mol. The van der Waals surface area contributed by atoms with Crippen LogP contribution in [0, 0.1) is 12.3 Å². The van der Waals surface area contributed by atoms with Crippen molar-refractivity contribution in [2.24, 2.45) is 0 Å². The van der Waals surface area contributed by atoms with Crippen molar-refractivity contribution < 1.29 is 61.6 Å². The summed E-state index contributed by atoms with van der Waals surface area (Å²) in [6.07, 6.45) is 5.07. The highest BCUT2D eigenvalue weighted by Gasteiger charge is 2.02. The maximum absolute atomic E-state index is 11.2. The Morgan fingerprint density at radius 3 is 0.881 bits per heavy atom. The smallest absolute Gasteiger partial charge is 0.333 e. The fourth-order valence-electron chi connectivity index (χ4n) is 2.65. The number of terminal acetylenes is 1. The first kappa shape index (κ1) is 40.3. The molecular formula is C29H52O13. The van der Waals surface area contributed by atoms with Gasteiger partial charge in [-0.05, 0) is 6.92 Å². The zero-order valence-electron chi connectivity index (χ0n) is 25.4. The van der Waals surface area contributed by atoms with Crippen molar-refractivity contribution in [2.45, 2.75) is 6.92 Å². The highest BCUT2D eigenvalue weighted by atomic mass is 16.6. The van der Waals surface area contributed by atoms with E-state index in [1.807, 2.05) is 0 Å². The summed E-state index contributed by atoms with van der Waals surface area (Å²) in [6, 6.07) is 0. The number of hydrogen-bond acceptors (Lipinski definition) is 13. The molecule has 0 aromatic rings. The van der Waals surface area contributed by atoms with Crippen molar-refractivity contribution in [3.05, 3.63) is 12.2 Å². The van der Waals surface area contributed by atoms with Gasteiger partial charge < -0.3 is 56.8 Å². The van der Waals surface area contributed by atoms with Gasteiger partial charge in [0.1, 0.15) is 13.2 Å². The summed E-state index contributed by atoms with van der Waals surface area (Å²) in [6.45, 7) is 15.7. The number of hydrogen-bond donors (Lipinski definition) is 0. The summed E-state index contributed by atoms with van der Waals surface area (Å²) < 4.78 is 64.1. The van der Waals surface area contributed by atoms with Crippen LogP contribution in [-0.2, 0) is 61.6 Å². The van der Waals surface area contributed by atoms with E-state index in [2.05, 4.69) is 12.5 Å². The van der Waals surface area contributed by atoms with Gasteiger partial charge in [0, 0.05) is 5.57 Å². The molecule has 42 heavy (non-hydrogen) atoms. The number of esters is 1. The fourth-order valence-corrected chi connectivity index (χ4v) is 2.65. The SMILES string of the molecule is C#CCOCCOCCOCCOCCOCCOCCOCCOCCOCCOCCOCCOC(=O)C(=C)C. The minimum Gasteiger partial charge on any atom is -0.460 e. The molecular weight excluding hydrogens is 556 g/mol. The van der Waals surface area contributed by atoms with Gasteiger partial charge in [-0.2, -0.15) is 0 Å². The van der Waals surface area contributed by atoms with E-state index in [4.69, 9.17) is 63.3 Å². The molecule has 0 aliphatic carbocycles. The van der Waals surface area contributed by atoms with Crippen molar-refractivity contribution in [3.63, 3.8) is 0 Å². The molecule has 0 aliphatic heterocycles. The van der Waals surface area contributed by atoms with Crippen molar-refractivity contribution >= 4 is 5.97 Å². The molecule has 0 fully saturated rings. The van der Waals surface area contributed by atoms with E-state index in [1.165, 1.54) is 0 Å². The lowest BCUT2D eigenvalue weighted by Gasteiger charge is -2.09. The summed E-state index contributed by atoms with van der Waals surface area (Å²) in [5.74, 6) is 1.98. The third-order valence-electron chi connectivity index (χ3n) is 4.71. The van der Waals surface area contributed by atoms with Crippen LogP contribution >= 0.6 is 0 Å². The van der Waals surface area contributed by atoms with Crippen LogP contribution in [0.2, 0.25) is 0 Å². The van der Waals surface area contributed by atoms with Crippen LogP contribution in [0.5, 0.6) is 0 Å². The Balaban J connectivity index is 3.06. The molecule has 0 amide bonds. The Morgan fingerprint density at radius 1 is 0.452 bits per heavy atom. The first-order chi connectivity index (χ1) is 20.7. The molecule has 0 atom stereocenters.